The average molecular weight is 326 g/mol. The molecule has 1 aromatic carbocycles. The third kappa shape index (κ3) is 3.04. The maximum Gasteiger partial charge on any atom is 0.494 e. The molecule has 0 radical (unpaired) electrons. The lowest BCUT2D eigenvalue weighted by molar-refractivity contribution is 0.00578. The lowest BCUT2D eigenvalue weighted by Gasteiger charge is -2.32. The first-order valence-corrected chi connectivity index (χ1v) is 8.67. The molecule has 1 fully saturated rings. The molecule has 2 rings (SSSR count). The summed E-state index contributed by atoms with van der Waals surface area (Å²) in [7, 11) is -4.36. The quantitative estimate of drug-likeness (QED) is 0.836. The van der Waals surface area contributed by atoms with Gasteiger partial charge in [-0.25, -0.2) is 13.2 Å². The van der Waals surface area contributed by atoms with Gasteiger partial charge in [-0.3, -0.25) is 0 Å². The predicted molar refractivity (Wildman–Crippen MR) is 82.2 cm³/mol. The summed E-state index contributed by atoms with van der Waals surface area (Å²) in [5.74, 6) is -1.21. The minimum absolute atomic E-state index is 0.0721. The second-order valence-corrected chi connectivity index (χ2v) is 8.47. The fourth-order valence-corrected chi connectivity index (χ4v) is 2.77. The van der Waals surface area contributed by atoms with Gasteiger partial charge in [-0.05, 0) is 51.4 Å². The molecule has 1 aliphatic heterocycles. The molecule has 0 saturated carbocycles. The molecule has 1 aromatic rings. The van der Waals surface area contributed by atoms with Crippen molar-refractivity contribution in [2.45, 2.75) is 43.8 Å². The summed E-state index contributed by atoms with van der Waals surface area (Å²) in [6, 6.07) is 3.90. The summed E-state index contributed by atoms with van der Waals surface area (Å²) in [6.07, 6.45) is 1.03. The highest BCUT2D eigenvalue weighted by Crippen LogP contribution is 2.36. The normalized spacial score (nSPS) is 20.1. The first kappa shape index (κ1) is 17.0. The molecule has 22 heavy (non-hydrogen) atoms. The summed E-state index contributed by atoms with van der Waals surface area (Å²) >= 11 is 0. The maximum absolute atomic E-state index is 11.8. The molecule has 0 aromatic heterocycles. The van der Waals surface area contributed by atoms with E-state index in [4.69, 9.17) is 9.31 Å². The van der Waals surface area contributed by atoms with Gasteiger partial charge in [0.1, 0.15) is 0 Å². The Morgan fingerprint density at radius 1 is 1.09 bits per heavy atom. The van der Waals surface area contributed by atoms with Gasteiger partial charge in [0.25, 0.3) is 0 Å². The fourth-order valence-electron chi connectivity index (χ4n) is 2.07. The third-order valence-electron chi connectivity index (χ3n) is 4.13. The second kappa shape index (κ2) is 5.08. The smallest absolute Gasteiger partial charge is 0.478 e. The van der Waals surface area contributed by atoms with Crippen molar-refractivity contribution in [3.63, 3.8) is 0 Å². The number of carbonyl (C=O) groups is 1. The van der Waals surface area contributed by atoms with Crippen molar-refractivity contribution in [2.24, 2.45) is 0 Å². The first-order chi connectivity index (χ1) is 9.83. The van der Waals surface area contributed by atoms with Gasteiger partial charge in [0.2, 0.25) is 0 Å². The molecule has 0 bridgehead atoms. The SMILES string of the molecule is CC1(C)OB(c2cc(C(=O)O)cc(S(C)(=O)=O)c2)OC1(C)C. The number of aromatic carboxylic acids is 1. The summed E-state index contributed by atoms with van der Waals surface area (Å²) < 4.78 is 35.2. The number of benzene rings is 1. The van der Waals surface area contributed by atoms with Crippen LogP contribution in [0.1, 0.15) is 38.1 Å². The summed E-state index contributed by atoms with van der Waals surface area (Å²) in [6.45, 7) is 7.47. The van der Waals surface area contributed by atoms with Crippen LogP contribution in [-0.4, -0.2) is 44.1 Å². The monoisotopic (exact) mass is 326 g/mol. The molecule has 1 N–H and O–H groups in total. The van der Waals surface area contributed by atoms with Crippen LogP contribution >= 0.6 is 0 Å². The molecule has 0 amide bonds. The molecule has 1 aliphatic rings. The maximum atomic E-state index is 11.8. The van der Waals surface area contributed by atoms with E-state index in [-0.39, 0.29) is 10.5 Å². The van der Waals surface area contributed by atoms with Crippen LogP contribution in [0.2, 0.25) is 0 Å². The number of sulfone groups is 1. The van der Waals surface area contributed by atoms with E-state index in [1.807, 2.05) is 27.7 Å². The molecule has 0 aliphatic carbocycles. The van der Waals surface area contributed by atoms with Crippen LogP contribution in [0.25, 0.3) is 0 Å². The zero-order valence-electron chi connectivity index (χ0n) is 13.2. The standard InChI is InChI=1S/C14H19BO6S/c1-13(2)14(3,4)21-15(20-13)10-6-9(12(16)17)7-11(8-10)22(5,18)19/h6-8H,1-5H3,(H,16,17). The average Bonchev–Trinajstić information content (AvgIpc) is 2.57. The van der Waals surface area contributed by atoms with E-state index < -0.39 is 34.1 Å². The lowest BCUT2D eigenvalue weighted by Crippen LogP contribution is -2.41. The number of hydrogen-bond donors (Lipinski definition) is 1. The molecule has 120 valence electrons. The fraction of sp³-hybridized carbons (Fsp3) is 0.500. The molecule has 0 unspecified atom stereocenters. The van der Waals surface area contributed by atoms with E-state index in [1.165, 1.54) is 12.1 Å². The van der Waals surface area contributed by atoms with Gasteiger partial charge >= 0.3 is 13.1 Å². The lowest BCUT2D eigenvalue weighted by atomic mass is 9.78. The van der Waals surface area contributed by atoms with E-state index in [9.17, 15) is 18.3 Å². The molecular formula is C14H19BO6S. The number of carboxylic acids is 1. The molecule has 8 heteroatoms. The minimum Gasteiger partial charge on any atom is -0.478 e. The predicted octanol–water partition coefficient (Wildman–Crippen LogP) is 1.09. The van der Waals surface area contributed by atoms with Crippen LogP contribution in [0, 0.1) is 0 Å². The van der Waals surface area contributed by atoms with Gasteiger partial charge < -0.3 is 14.4 Å². The van der Waals surface area contributed by atoms with Gasteiger partial charge in [-0.2, -0.15) is 0 Å². The van der Waals surface area contributed by atoms with E-state index in [2.05, 4.69) is 0 Å². The summed E-state index contributed by atoms with van der Waals surface area (Å²) in [5, 5.41) is 9.17. The van der Waals surface area contributed by atoms with Gasteiger partial charge in [0.05, 0.1) is 21.7 Å². The topological polar surface area (TPSA) is 89.9 Å². The van der Waals surface area contributed by atoms with Crippen LogP contribution in [-0.2, 0) is 19.1 Å². The second-order valence-electron chi connectivity index (χ2n) is 6.46. The van der Waals surface area contributed by atoms with Crippen molar-refractivity contribution < 1.29 is 27.6 Å². The van der Waals surface area contributed by atoms with Crippen molar-refractivity contribution in [1.29, 1.82) is 0 Å². The zero-order valence-corrected chi connectivity index (χ0v) is 14.0. The van der Waals surface area contributed by atoms with Crippen LogP contribution in [0.4, 0.5) is 0 Å². The van der Waals surface area contributed by atoms with Gasteiger partial charge in [-0.15, -0.1) is 0 Å². The van der Waals surface area contributed by atoms with Crippen molar-refractivity contribution in [3.05, 3.63) is 23.8 Å². The Morgan fingerprint density at radius 2 is 1.59 bits per heavy atom. The Balaban J connectivity index is 2.53. The molecular weight excluding hydrogens is 307 g/mol. The Hall–Kier alpha value is -1.38. The van der Waals surface area contributed by atoms with E-state index in [0.717, 1.165) is 12.3 Å². The Kier molecular flexibility index (Phi) is 3.92. The molecule has 1 heterocycles. The summed E-state index contributed by atoms with van der Waals surface area (Å²) in [4.78, 5) is 11.2. The minimum atomic E-state index is -3.54. The van der Waals surface area contributed by atoms with E-state index >= 15 is 0 Å². The van der Waals surface area contributed by atoms with Crippen molar-refractivity contribution in [2.75, 3.05) is 6.26 Å². The molecule has 6 nitrogen and oxygen atoms in total. The number of rotatable bonds is 3. The Labute approximate surface area is 130 Å². The van der Waals surface area contributed by atoms with Crippen LogP contribution < -0.4 is 5.46 Å². The Bertz CT molecular complexity index is 707. The number of carboxylic acid groups (broad SMARTS) is 1. The van der Waals surface area contributed by atoms with E-state index in [0.29, 0.717) is 5.46 Å². The van der Waals surface area contributed by atoms with Crippen LogP contribution in [0.15, 0.2) is 23.1 Å². The molecule has 0 atom stereocenters. The van der Waals surface area contributed by atoms with Crippen LogP contribution in [0.3, 0.4) is 0 Å². The van der Waals surface area contributed by atoms with Crippen molar-refractivity contribution >= 4 is 28.4 Å². The van der Waals surface area contributed by atoms with Crippen molar-refractivity contribution in [1.82, 2.24) is 0 Å². The Morgan fingerprint density at radius 3 is 2.00 bits per heavy atom. The molecule has 0 spiro atoms. The largest absolute Gasteiger partial charge is 0.494 e. The third-order valence-corrected chi connectivity index (χ3v) is 5.22. The van der Waals surface area contributed by atoms with Crippen LogP contribution in [0.5, 0.6) is 0 Å². The van der Waals surface area contributed by atoms with Gasteiger partial charge in [0, 0.05) is 6.26 Å². The first-order valence-electron chi connectivity index (χ1n) is 6.77. The van der Waals surface area contributed by atoms with Crippen molar-refractivity contribution in [3.8, 4) is 0 Å². The summed E-state index contributed by atoms with van der Waals surface area (Å²) in [5.41, 5.74) is -0.934. The zero-order chi connectivity index (χ0) is 16.9. The highest BCUT2D eigenvalue weighted by Gasteiger charge is 2.51. The number of hydrogen-bond acceptors (Lipinski definition) is 5. The molecule has 1 saturated heterocycles. The highest BCUT2D eigenvalue weighted by molar-refractivity contribution is 7.90. The van der Waals surface area contributed by atoms with E-state index in [1.54, 1.807) is 0 Å². The highest BCUT2D eigenvalue weighted by atomic mass is 32.2. The van der Waals surface area contributed by atoms with Gasteiger partial charge in [-0.1, -0.05) is 0 Å². The van der Waals surface area contributed by atoms with Gasteiger partial charge in [0.15, 0.2) is 9.84 Å².